The standard InChI is InChI=1S/C27H21FIN3O3S/c1-34-23-12-16(11-22(29)25(23)35-15-17-6-2-4-8-21(17)28)10-18(13-30)26(33)32-27-20(14-31)19-7-3-5-9-24(19)36-27/h2,4,6,8,10-12H,3,5,7,9,15H2,1H3,(H,32,33)/b18-10+. The summed E-state index contributed by atoms with van der Waals surface area (Å²) < 4.78 is 25.9. The number of fused-ring (bicyclic) bond motifs is 1. The molecule has 0 fully saturated rings. The van der Waals surface area contributed by atoms with Gasteiger partial charge in [0.25, 0.3) is 5.91 Å². The first-order valence-electron chi connectivity index (χ1n) is 11.2. The molecule has 182 valence electrons. The average Bonchev–Trinajstić information content (AvgIpc) is 3.23. The lowest BCUT2D eigenvalue weighted by Crippen LogP contribution is -2.13. The second-order valence-corrected chi connectivity index (χ2v) is 10.3. The van der Waals surface area contributed by atoms with Gasteiger partial charge < -0.3 is 14.8 Å². The van der Waals surface area contributed by atoms with Crippen molar-refractivity contribution in [2.24, 2.45) is 0 Å². The van der Waals surface area contributed by atoms with Crippen molar-refractivity contribution in [2.75, 3.05) is 12.4 Å². The van der Waals surface area contributed by atoms with Crippen LogP contribution in [-0.2, 0) is 24.2 Å². The van der Waals surface area contributed by atoms with Crippen molar-refractivity contribution in [1.29, 1.82) is 10.5 Å². The zero-order valence-electron chi connectivity index (χ0n) is 19.4. The second kappa shape index (κ2) is 11.5. The Morgan fingerprint density at radius 2 is 2.03 bits per heavy atom. The van der Waals surface area contributed by atoms with Gasteiger partial charge in [-0.15, -0.1) is 11.3 Å². The van der Waals surface area contributed by atoms with Crippen molar-refractivity contribution in [3.63, 3.8) is 0 Å². The molecule has 0 unspecified atom stereocenters. The fourth-order valence-electron chi connectivity index (χ4n) is 3.99. The minimum Gasteiger partial charge on any atom is -0.493 e. The van der Waals surface area contributed by atoms with E-state index in [4.69, 9.17) is 9.47 Å². The van der Waals surface area contributed by atoms with Crippen LogP contribution in [0.5, 0.6) is 11.5 Å². The zero-order chi connectivity index (χ0) is 25.7. The van der Waals surface area contributed by atoms with E-state index in [-0.39, 0.29) is 18.0 Å². The zero-order valence-corrected chi connectivity index (χ0v) is 22.3. The van der Waals surface area contributed by atoms with Gasteiger partial charge in [-0.25, -0.2) is 4.39 Å². The highest BCUT2D eigenvalue weighted by Crippen LogP contribution is 2.38. The number of anilines is 1. The van der Waals surface area contributed by atoms with Gasteiger partial charge in [0, 0.05) is 10.4 Å². The van der Waals surface area contributed by atoms with Gasteiger partial charge >= 0.3 is 0 Å². The van der Waals surface area contributed by atoms with Crippen LogP contribution in [0.1, 0.15) is 40.0 Å². The number of nitrogens with one attached hydrogen (secondary N) is 1. The van der Waals surface area contributed by atoms with E-state index in [0.29, 0.717) is 36.8 Å². The van der Waals surface area contributed by atoms with Crippen LogP contribution in [0.2, 0.25) is 0 Å². The van der Waals surface area contributed by atoms with Gasteiger partial charge in [0.05, 0.1) is 16.2 Å². The number of aryl methyl sites for hydroxylation is 1. The van der Waals surface area contributed by atoms with E-state index in [9.17, 15) is 19.7 Å². The number of benzene rings is 2. The van der Waals surface area contributed by atoms with E-state index in [1.54, 1.807) is 30.3 Å². The molecule has 0 saturated heterocycles. The molecule has 4 rings (SSSR count). The van der Waals surface area contributed by atoms with Crippen molar-refractivity contribution in [3.05, 3.63) is 78.5 Å². The number of nitriles is 2. The lowest BCUT2D eigenvalue weighted by Gasteiger charge is -2.14. The summed E-state index contributed by atoms with van der Waals surface area (Å²) in [4.78, 5) is 14.1. The molecule has 0 radical (unpaired) electrons. The summed E-state index contributed by atoms with van der Waals surface area (Å²) in [5.41, 5.74) is 2.37. The molecule has 2 aromatic carbocycles. The van der Waals surface area contributed by atoms with E-state index < -0.39 is 5.91 Å². The molecule has 1 N–H and O–H groups in total. The molecule has 0 spiro atoms. The van der Waals surface area contributed by atoms with E-state index in [2.05, 4.69) is 34.0 Å². The second-order valence-electron chi connectivity index (χ2n) is 8.06. The number of methoxy groups -OCH3 is 1. The molecular weight excluding hydrogens is 592 g/mol. The Morgan fingerprint density at radius 3 is 2.75 bits per heavy atom. The quantitative estimate of drug-likeness (QED) is 0.190. The third-order valence-electron chi connectivity index (χ3n) is 5.77. The van der Waals surface area contributed by atoms with Gasteiger partial charge in [-0.3, -0.25) is 4.79 Å². The number of hydrogen-bond acceptors (Lipinski definition) is 6. The summed E-state index contributed by atoms with van der Waals surface area (Å²) in [6, 6.07) is 13.9. The number of rotatable bonds is 7. The normalized spacial score (nSPS) is 12.8. The minimum absolute atomic E-state index is 0.0199. The van der Waals surface area contributed by atoms with Crippen molar-refractivity contribution in [1.82, 2.24) is 0 Å². The first-order chi connectivity index (χ1) is 17.4. The lowest BCUT2D eigenvalue weighted by molar-refractivity contribution is -0.112. The largest absolute Gasteiger partial charge is 0.493 e. The minimum atomic E-state index is -0.582. The maximum absolute atomic E-state index is 14.0. The molecule has 1 heterocycles. The lowest BCUT2D eigenvalue weighted by atomic mass is 9.96. The Hall–Kier alpha value is -3.41. The van der Waals surface area contributed by atoms with Crippen LogP contribution in [0.15, 0.2) is 42.0 Å². The Balaban J connectivity index is 1.56. The summed E-state index contributed by atoms with van der Waals surface area (Å²) in [5.74, 6) is -0.118. The average molecular weight is 613 g/mol. The number of amides is 1. The number of thiophene rings is 1. The molecule has 0 aliphatic heterocycles. The molecule has 0 saturated carbocycles. The Labute approximate surface area is 226 Å². The maximum Gasteiger partial charge on any atom is 0.266 e. The highest BCUT2D eigenvalue weighted by atomic mass is 127. The Morgan fingerprint density at radius 1 is 1.25 bits per heavy atom. The first-order valence-corrected chi connectivity index (χ1v) is 13.1. The molecule has 1 aliphatic rings. The number of nitrogens with zero attached hydrogens (tertiary/aromatic N) is 2. The maximum atomic E-state index is 14.0. The molecule has 0 atom stereocenters. The number of ether oxygens (including phenoxy) is 2. The van der Waals surface area contributed by atoms with Gasteiger partial charge in [0.2, 0.25) is 0 Å². The monoisotopic (exact) mass is 613 g/mol. The highest BCUT2D eigenvalue weighted by molar-refractivity contribution is 14.1. The van der Waals surface area contributed by atoms with Crippen LogP contribution in [0.25, 0.3) is 6.08 Å². The fraction of sp³-hybridized carbons (Fsp3) is 0.222. The molecule has 3 aromatic rings. The SMILES string of the molecule is COc1cc(/C=C(\C#N)C(=O)Nc2sc3c(c2C#N)CCCC3)cc(I)c1OCc1ccccc1F. The first kappa shape index (κ1) is 25.7. The third kappa shape index (κ3) is 5.53. The predicted molar refractivity (Wildman–Crippen MR) is 144 cm³/mol. The van der Waals surface area contributed by atoms with Crippen molar-refractivity contribution in [2.45, 2.75) is 32.3 Å². The smallest absolute Gasteiger partial charge is 0.266 e. The summed E-state index contributed by atoms with van der Waals surface area (Å²) in [6.07, 6.45) is 5.27. The number of carbonyl (C=O) groups excluding carboxylic acids is 1. The summed E-state index contributed by atoms with van der Waals surface area (Å²) in [5, 5.41) is 22.6. The number of hydrogen-bond donors (Lipinski definition) is 1. The Kier molecular flexibility index (Phi) is 8.24. The summed E-state index contributed by atoms with van der Waals surface area (Å²) >= 11 is 3.47. The van der Waals surface area contributed by atoms with Crippen LogP contribution in [0.3, 0.4) is 0 Å². The molecular formula is C27H21FIN3O3S. The number of carbonyl (C=O) groups is 1. The van der Waals surface area contributed by atoms with Crippen LogP contribution in [0.4, 0.5) is 9.39 Å². The van der Waals surface area contributed by atoms with Crippen LogP contribution in [0, 0.1) is 32.0 Å². The van der Waals surface area contributed by atoms with Crippen LogP contribution in [-0.4, -0.2) is 13.0 Å². The fourth-order valence-corrected chi connectivity index (χ4v) is 6.00. The van der Waals surface area contributed by atoms with E-state index >= 15 is 0 Å². The molecule has 36 heavy (non-hydrogen) atoms. The van der Waals surface area contributed by atoms with E-state index in [1.165, 1.54) is 30.6 Å². The highest BCUT2D eigenvalue weighted by Gasteiger charge is 2.23. The molecule has 1 aromatic heterocycles. The summed E-state index contributed by atoms with van der Waals surface area (Å²) in [6.45, 7) is 0.0199. The molecule has 1 aliphatic carbocycles. The van der Waals surface area contributed by atoms with Gasteiger partial charge in [-0.2, -0.15) is 10.5 Å². The van der Waals surface area contributed by atoms with Gasteiger partial charge in [0.15, 0.2) is 11.5 Å². The van der Waals surface area contributed by atoms with Gasteiger partial charge in [0.1, 0.15) is 35.1 Å². The van der Waals surface area contributed by atoms with Crippen LogP contribution < -0.4 is 14.8 Å². The number of halogens is 2. The van der Waals surface area contributed by atoms with Gasteiger partial charge in [-0.05, 0) is 83.7 Å². The van der Waals surface area contributed by atoms with Crippen LogP contribution >= 0.6 is 33.9 Å². The van der Waals surface area contributed by atoms with Crippen molar-refractivity contribution >= 4 is 50.9 Å². The third-order valence-corrected chi connectivity index (χ3v) is 7.78. The summed E-state index contributed by atoms with van der Waals surface area (Å²) in [7, 11) is 1.48. The van der Waals surface area contributed by atoms with Crippen molar-refractivity contribution in [3.8, 4) is 23.6 Å². The molecule has 1 amide bonds. The molecule has 0 bridgehead atoms. The van der Waals surface area contributed by atoms with E-state index in [0.717, 1.165) is 36.1 Å². The van der Waals surface area contributed by atoms with E-state index in [1.807, 2.05) is 6.07 Å². The predicted octanol–water partition coefficient (Wildman–Crippen LogP) is 6.38. The molecule has 9 heteroatoms. The van der Waals surface area contributed by atoms with Crippen molar-refractivity contribution < 1.29 is 18.7 Å². The molecule has 6 nitrogen and oxygen atoms in total. The van der Waals surface area contributed by atoms with Gasteiger partial charge in [-0.1, -0.05) is 18.2 Å². The Bertz CT molecular complexity index is 1440. The topological polar surface area (TPSA) is 95.1 Å².